The van der Waals surface area contributed by atoms with Crippen molar-refractivity contribution in [2.24, 2.45) is 0 Å². The number of nitrogens with one attached hydrogen (secondary N) is 3. The van der Waals surface area contributed by atoms with Crippen LogP contribution in [0.15, 0.2) is 47.4 Å². The fraction of sp³-hybridized carbons (Fsp3) is 0.235. The molecule has 126 valence electrons. The van der Waals surface area contributed by atoms with Crippen molar-refractivity contribution in [3.8, 4) is 0 Å². The average Bonchev–Trinajstić information content (AvgIpc) is 2.54. The Bertz CT molecular complexity index is 751. The van der Waals surface area contributed by atoms with Gasteiger partial charge in [-0.05, 0) is 23.3 Å². The molecule has 2 amide bonds. The van der Waals surface area contributed by atoms with Gasteiger partial charge in [-0.15, -0.1) is 0 Å². The van der Waals surface area contributed by atoms with E-state index >= 15 is 0 Å². The highest BCUT2D eigenvalue weighted by Gasteiger charge is 2.17. The smallest absolute Gasteiger partial charge is 0.247 e. The van der Waals surface area contributed by atoms with E-state index in [1.54, 1.807) is 36.5 Å². The van der Waals surface area contributed by atoms with Crippen molar-refractivity contribution >= 4 is 23.4 Å². The molecule has 2 aromatic rings. The van der Waals surface area contributed by atoms with Crippen LogP contribution in [0.1, 0.15) is 30.5 Å². The van der Waals surface area contributed by atoms with E-state index in [-0.39, 0.29) is 23.8 Å². The Morgan fingerprint density at radius 2 is 1.88 bits per heavy atom. The molecule has 1 aromatic heterocycles. The highest BCUT2D eigenvalue weighted by Crippen LogP contribution is 2.19. The fourth-order valence-electron chi connectivity index (χ4n) is 2.20. The summed E-state index contributed by atoms with van der Waals surface area (Å²) in [6.07, 6.45) is 1.65. The third-order valence-electron chi connectivity index (χ3n) is 3.38. The molecule has 0 saturated carbocycles. The van der Waals surface area contributed by atoms with Gasteiger partial charge in [0.2, 0.25) is 17.4 Å². The largest absolute Gasteiger partial charge is 0.352 e. The molecule has 0 saturated heterocycles. The first-order valence-electron chi connectivity index (χ1n) is 7.41. The maximum Gasteiger partial charge on any atom is 0.247 e. The van der Waals surface area contributed by atoms with E-state index in [2.05, 4.69) is 15.6 Å². The van der Waals surface area contributed by atoms with Crippen LogP contribution in [0.2, 0.25) is 5.02 Å². The minimum atomic E-state index is -0.435. The third-order valence-corrected chi connectivity index (χ3v) is 3.63. The van der Waals surface area contributed by atoms with Crippen LogP contribution in [-0.4, -0.2) is 16.8 Å². The molecular weight excluding hydrogens is 330 g/mol. The van der Waals surface area contributed by atoms with E-state index in [0.29, 0.717) is 11.6 Å². The number of halogens is 1. The molecule has 0 unspecified atom stereocenters. The first-order valence-corrected chi connectivity index (χ1v) is 7.78. The van der Waals surface area contributed by atoms with E-state index in [1.807, 2.05) is 0 Å². The highest BCUT2D eigenvalue weighted by molar-refractivity contribution is 6.30. The van der Waals surface area contributed by atoms with E-state index in [9.17, 15) is 14.4 Å². The Labute approximate surface area is 144 Å². The van der Waals surface area contributed by atoms with Crippen molar-refractivity contribution in [3.05, 3.63) is 69.1 Å². The van der Waals surface area contributed by atoms with Crippen LogP contribution in [0, 0.1) is 0 Å². The van der Waals surface area contributed by atoms with E-state index in [0.717, 1.165) is 11.1 Å². The summed E-state index contributed by atoms with van der Waals surface area (Å²) in [7, 11) is 0. The predicted octanol–water partition coefficient (Wildman–Crippen LogP) is 1.91. The van der Waals surface area contributed by atoms with Crippen molar-refractivity contribution in [1.82, 2.24) is 15.6 Å². The molecule has 7 heteroatoms. The molecular formula is C17H18ClN3O3. The normalized spacial score (nSPS) is 11.6. The first kappa shape index (κ1) is 17.7. The number of aromatic nitrogens is 1. The summed E-state index contributed by atoms with van der Waals surface area (Å²) in [6, 6.07) is 9.58. The average molecular weight is 348 g/mol. The lowest BCUT2D eigenvalue weighted by Crippen LogP contribution is -2.32. The monoisotopic (exact) mass is 347 g/mol. The zero-order valence-corrected chi connectivity index (χ0v) is 13.9. The number of rotatable bonds is 6. The van der Waals surface area contributed by atoms with Crippen LogP contribution in [0.3, 0.4) is 0 Å². The molecule has 24 heavy (non-hydrogen) atoms. The molecule has 3 N–H and O–H groups in total. The molecule has 6 nitrogen and oxygen atoms in total. The van der Waals surface area contributed by atoms with Crippen LogP contribution < -0.4 is 16.2 Å². The van der Waals surface area contributed by atoms with Gasteiger partial charge in [0.25, 0.3) is 0 Å². The summed E-state index contributed by atoms with van der Waals surface area (Å²) >= 11 is 5.86. The quantitative estimate of drug-likeness (QED) is 0.745. The van der Waals surface area contributed by atoms with Crippen LogP contribution >= 0.6 is 11.6 Å². The number of hydrogen-bond acceptors (Lipinski definition) is 3. The molecule has 0 radical (unpaired) electrons. The summed E-state index contributed by atoms with van der Waals surface area (Å²) in [5.74, 6) is -0.432. The number of H-pyrrole nitrogens is 1. The van der Waals surface area contributed by atoms with Crippen LogP contribution in [-0.2, 0) is 16.1 Å². The molecule has 0 spiro atoms. The summed E-state index contributed by atoms with van der Waals surface area (Å²) in [4.78, 5) is 37.1. The topological polar surface area (TPSA) is 91.1 Å². The SMILES string of the molecule is CC(=O)N[C@H](CC(=O)NCc1ccc(=O)[nH]c1)c1ccc(Cl)cc1. The van der Waals surface area contributed by atoms with E-state index in [4.69, 9.17) is 11.6 Å². The standard InChI is InChI=1S/C17H18ClN3O3/c1-11(22)21-15(13-3-5-14(18)6-4-13)8-17(24)20-10-12-2-7-16(23)19-9-12/h2-7,9,15H,8,10H2,1H3,(H,19,23)(H,20,24)(H,21,22)/t15-/m1/s1. The van der Waals surface area contributed by atoms with Gasteiger partial charge in [-0.1, -0.05) is 29.8 Å². The first-order chi connectivity index (χ1) is 11.4. The second kappa shape index (κ2) is 8.31. The van der Waals surface area contributed by atoms with Crippen molar-refractivity contribution in [3.63, 3.8) is 0 Å². The molecule has 0 aliphatic carbocycles. The van der Waals surface area contributed by atoms with Gasteiger partial charge in [0.1, 0.15) is 0 Å². The number of carbonyl (C=O) groups is 2. The van der Waals surface area contributed by atoms with Gasteiger partial charge in [0.05, 0.1) is 12.5 Å². The van der Waals surface area contributed by atoms with Crippen molar-refractivity contribution < 1.29 is 9.59 Å². The molecule has 2 rings (SSSR count). The second-order valence-electron chi connectivity index (χ2n) is 5.35. The molecule has 1 atom stereocenters. The van der Waals surface area contributed by atoms with Crippen molar-refractivity contribution in [2.75, 3.05) is 0 Å². The number of pyridine rings is 1. The number of carbonyl (C=O) groups excluding carboxylic acids is 2. The molecule has 0 fully saturated rings. The van der Waals surface area contributed by atoms with Gasteiger partial charge in [-0.2, -0.15) is 0 Å². The molecule has 1 aromatic carbocycles. The lowest BCUT2D eigenvalue weighted by Gasteiger charge is -2.18. The Morgan fingerprint density at radius 1 is 1.17 bits per heavy atom. The minimum absolute atomic E-state index is 0.102. The summed E-state index contributed by atoms with van der Waals surface area (Å²) in [6.45, 7) is 1.70. The molecule has 0 bridgehead atoms. The Kier molecular flexibility index (Phi) is 6.14. The fourth-order valence-corrected chi connectivity index (χ4v) is 2.33. The second-order valence-corrected chi connectivity index (χ2v) is 5.78. The lowest BCUT2D eigenvalue weighted by molar-refractivity contribution is -0.122. The van der Waals surface area contributed by atoms with Crippen molar-refractivity contribution in [2.45, 2.75) is 25.9 Å². The lowest BCUT2D eigenvalue weighted by atomic mass is 10.0. The Hall–Kier alpha value is -2.60. The molecule has 0 aliphatic rings. The maximum atomic E-state index is 12.2. The highest BCUT2D eigenvalue weighted by atomic mass is 35.5. The van der Waals surface area contributed by atoms with Gasteiger partial charge in [0.15, 0.2) is 0 Å². The number of aromatic amines is 1. The Balaban J connectivity index is 1.98. The Morgan fingerprint density at radius 3 is 2.46 bits per heavy atom. The number of hydrogen-bond donors (Lipinski definition) is 3. The zero-order valence-electron chi connectivity index (χ0n) is 13.1. The summed E-state index contributed by atoms with van der Waals surface area (Å²) in [5.41, 5.74) is 1.39. The summed E-state index contributed by atoms with van der Waals surface area (Å²) in [5, 5.41) is 6.11. The van der Waals surface area contributed by atoms with Gasteiger partial charge in [-0.25, -0.2) is 0 Å². The number of amides is 2. The van der Waals surface area contributed by atoms with Crippen LogP contribution in [0.25, 0.3) is 0 Å². The van der Waals surface area contributed by atoms with E-state index in [1.165, 1.54) is 13.0 Å². The van der Waals surface area contributed by atoms with Crippen LogP contribution in [0.5, 0.6) is 0 Å². The van der Waals surface area contributed by atoms with Gasteiger partial charge < -0.3 is 15.6 Å². The maximum absolute atomic E-state index is 12.2. The van der Waals surface area contributed by atoms with Gasteiger partial charge in [0, 0.05) is 30.8 Å². The van der Waals surface area contributed by atoms with E-state index < -0.39 is 6.04 Å². The molecule has 1 heterocycles. The number of benzene rings is 1. The molecule has 0 aliphatic heterocycles. The van der Waals surface area contributed by atoms with Crippen molar-refractivity contribution in [1.29, 1.82) is 0 Å². The predicted molar refractivity (Wildman–Crippen MR) is 91.5 cm³/mol. The van der Waals surface area contributed by atoms with Gasteiger partial charge in [-0.3, -0.25) is 14.4 Å². The summed E-state index contributed by atoms with van der Waals surface area (Å²) < 4.78 is 0. The minimum Gasteiger partial charge on any atom is -0.352 e. The van der Waals surface area contributed by atoms with Gasteiger partial charge >= 0.3 is 0 Å². The zero-order chi connectivity index (χ0) is 17.5. The third kappa shape index (κ3) is 5.55. The van der Waals surface area contributed by atoms with Crippen LogP contribution in [0.4, 0.5) is 0 Å².